The lowest BCUT2D eigenvalue weighted by Gasteiger charge is -2.45. The zero-order valence-corrected chi connectivity index (χ0v) is 13.7. The normalized spacial score (nSPS) is 26.9. The number of aromatic nitrogens is 2. The van der Waals surface area contributed by atoms with Gasteiger partial charge in [-0.05, 0) is 39.5 Å². The van der Waals surface area contributed by atoms with Crippen molar-refractivity contribution in [2.75, 3.05) is 13.1 Å². The van der Waals surface area contributed by atoms with Gasteiger partial charge in [0, 0.05) is 43.8 Å². The summed E-state index contributed by atoms with van der Waals surface area (Å²) in [5, 5.41) is 8.91. The summed E-state index contributed by atoms with van der Waals surface area (Å²) in [7, 11) is 1.92. The molecule has 2 fully saturated rings. The molecule has 3 rings (SSSR count). The van der Waals surface area contributed by atoms with Crippen molar-refractivity contribution in [2.24, 2.45) is 13.0 Å². The number of halogens is 1. The Labute approximate surface area is 126 Å². The number of rotatable bonds is 3. The van der Waals surface area contributed by atoms with E-state index < -0.39 is 0 Å². The Kier molecular flexibility index (Phi) is 3.59. The zero-order chi connectivity index (χ0) is 14.5. The lowest BCUT2D eigenvalue weighted by Crippen LogP contribution is -2.61. The van der Waals surface area contributed by atoms with E-state index in [0.717, 1.165) is 36.4 Å². The molecule has 4 nitrogen and oxygen atoms in total. The van der Waals surface area contributed by atoms with Crippen molar-refractivity contribution >= 4 is 11.6 Å². The molecule has 1 aliphatic heterocycles. The summed E-state index contributed by atoms with van der Waals surface area (Å²) in [4.78, 5) is 2.62. The van der Waals surface area contributed by atoms with Crippen molar-refractivity contribution in [2.45, 2.75) is 51.7 Å². The van der Waals surface area contributed by atoms with Crippen molar-refractivity contribution < 1.29 is 0 Å². The fourth-order valence-electron chi connectivity index (χ4n) is 3.37. The van der Waals surface area contributed by atoms with E-state index in [1.165, 1.54) is 18.4 Å². The van der Waals surface area contributed by atoms with Crippen molar-refractivity contribution in [3.63, 3.8) is 0 Å². The molecule has 112 valence electrons. The maximum absolute atomic E-state index is 6.41. The van der Waals surface area contributed by atoms with E-state index in [2.05, 4.69) is 36.1 Å². The van der Waals surface area contributed by atoms with Crippen molar-refractivity contribution in [1.82, 2.24) is 20.0 Å². The first kappa shape index (κ1) is 14.4. The van der Waals surface area contributed by atoms with Gasteiger partial charge in [0.15, 0.2) is 0 Å². The van der Waals surface area contributed by atoms with Crippen LogP contribution in [0.2, 0.25) is 5.15 Å². The Balaban J connectivity index is 1.81. The highest BCUT2D eigenvalue weighted by Gasteiger charge is 2.41. The quantitative estimate of drug-likeness (QED) is 0.929. The summed E-state index contributed by atoms with van der Waals surface area (Å²) >= 11 is 6.41. The molecule has 2 heterocycles. The Bertz CT molecular complexity index is 504. The maximum Gasteiger partial charge on any atom is 0.131 e. The highest BCUT2D eigenvalue weighted by molar-refractivity contribution is 6.30. The van der Waals surface area contributed by atoms with Crippen molar-refractivity contribution in [1.29, 1.82) is 0 Å². The van der Waals surface area contributed by atoms with Gasteiger partial charge in [0.2, 0.25) is 0 Å². The molecular weight excluding hydrogens is 272 g/mol. The Morgan fingerprint density at radius 2 is 2.10 bits per heavy atom. The number of hydrogen-bond donors (Lipinski definition) is 1. The van der Waals surface area contributed by atoms with E-state index in [1.807, 2.05) is 7.05 Å². The fraction of sp³-hybridized carbons (Fsp3) is 0.800. The smallest absolute Gasteiger partial charge is 0.131 e. The van der Waals surface area contributed by atoms with Crippen LogP contribution in [0, 0.1) is 12.8 Å². The number of nitrogens with zero attached hydrogens (tertiary/aromatic N) is 3. The summed E-state index contributed by atoms with van der Waals surface area (Å²) in [6.07, 6.45) is 2.76. The van der Waals surface area contributed by atoms with Crippen molar-refractivity contribution in [3.8, 4) is 0 Å². The van der Waals surface area contributed by atoms with E-state index in [-0.39, 0.29) is 5.54 Å². The van der Waals surface area contributed by atoms with E-state index in [4.69, 9.17) is 11.6 Å². The molecule has 0 bridgehead atoms. The van der Waals surface area contributed by atoms with Crippen LogP contribution in [0.1, 0.15) is 37.9 Å². The third-order valence-electron chi connectivity index (χ3n) is 4.65. The van der Waals surface area contributed by atoms with Gasteiger partial charge in [-0.15, -0.1) is 0 Å². The van der Waals surface area contributed by atoms with Crippen LogP contribution in [0.4, 0.5) is 0 Å². The SMILES string of the molecule is Cc1nn(C)c(Cl)c1CN1CC(C)(C)NCC1C1CC1. The summed E-state index contributed by atoms with van der Waals surface area (Å²) in [6.45, 7) is 9.69. The predicted molar refractivity (Wildman–Crippen MR) is 82.0 cm³/mol. The first-order valence-corrected chi connectivity index (χ1v) is 7.92. The maximum atomic E-state index is 6.41. The van der Waals surface area contributed by atoms with Crippen LogP contribution in [-0.2, 0) is 13.6 Å². The second-order valence-corrected chi connectivity index (χ2v) is 7.41. The minimum absolute atomic E-state index is 0.175. The van der Waals surface area contributed by atoms with E-state index in [1.54, 1.807) is 4.68 Å². The standard InChI is InChI=1S/C15H25ClN4/c1-10-12(14(16)19(4)18-10)8-20-9-15(2,3)17-7-13(20)11-5-6-11/h11,13,17H,5-9H2,1-4H3. The number of nitrogens with one attached hydrogen (secondary N) is 1. The second kappa shape index (κ2) is 5.00. The van der Waals surface area contributed by atoms with Crippen molar-refractivity contribution in [3.05, 3.63) is 16.4 Å². The second-order valence-electron chi connectivity index (χ2n) is 7.05. The minimum Gasteiger partial charge on any atom is -0.309 e. The van der Waals surface area contributed by atoms with E-state index in [0.29, 0.717) is 6.04 Å². The lowest BCUT2D eigenvalue weighted by molar-refractivity contribution is 0.0758. The molecule has 5 heteroatoms. The van der Waals surface area contributed by atoms with Crippen LogP contribution in [0.15, 0.2) is 0 Å². The minimum atomic E-state index is 0.175. The van der Waals surface area contributed by atoms with Crippen LogP contribution in [0.3, 0.4) is 0 Å². The zero-order valence-electron chi connectivity index (χ0n) is 12.9. The molecule has 1 aromatic rings. The van der Waals surface area contributed by atoms with Crippen LogP contribution in [0.25, 0.3) is 0 Å². The van der Waals surface area contributed by atoms with Gasteiger partial charge < -0.3 is 5.32 Å². The third-order valence-corrected chi connectivity index (χ3v) is 5.13. The Morgan fingerprint density at radius 1 is 1.40 bits per heavy atom. The highest BCUT2D eigenvalue weighted by atomic mass is 35.5. The molecule has 1 aliphatic carbocycles. The summed E-state index contributed by atoms with van der Waals surface area (Å²) in [5.41, 5.74) is 2.43. The van der Waals surface area contributed by atoms with Crippen LogP contribution in [-0.4, -0.2) is 39.4 Å². The average molecular weight is 297 g/mol. The number of aryl methyl sites for hydroxylation is 2. The van der Waals surface area contributed by atoms with Crippen LogP contribution in [0.5, 0.6) is 0 Å². The molecule has 0 aromatic carbocycles. The molecule has 2 aliphatic rings. The van der Waals surface area contributed by atoms with Gasteiger partial charge in [-0.3, -0.25) is 9.58 Å². The van der Waals surface area contributed by atoms with Crippen LogP contribution < -0.4 is 5.32 Å². The summed E-state index contributed by atoms with van der Waals surface area (Å²) in [6, 6.07) is 0.652. The molecule has 0 spiro atoms. The Hall–Kier alpha value is -0.580. The molecule has 1 N–H and O–H groups in total. The van der Waals surface area contributed by atoms with Crippen LogP contribution >= 0.6 is 11.6 Å². The average Bonchev–Trinajstić information content (AvgIpc) is 3.14. The van der Waals surface area contributed by atoms with E-state index >= 15 is 0 Å². The summed E-state index contributed by atoms with van der Waals surface area (Å²) < 4.78 is 1.78. The van der Waals surface area contributed by atoms with Gasteiger partial charge in [0.05, 0.1) is 5.69 Å². The molecule has 1 unspecified atom stereocenters. The molecular formula is C15H25ClN4. The topological polar surface area (TPSA) is 33.1 Å². The Morgan fingerprint density at radius 3 is 2.65 bits per heavy atom. The lowest BCUT2D eigenvalue weighted by atomic mass is 9.96. The molecule has 0 radical (unpaired) electrons. The van der Waals surface area contributed by atoms with Gasteiger partial charge in [-0.25, -0.2) is 0 Å². The van der Waals surface area contributed by atoms with E-state index in [9.17, 15) is 0 Å². The first-order chi connectivity index (χ1) is 9.37. The van der Waals surface area contributed by atoms with Gasteiger partial charge >= 0.3 is 0 Å². The molecule has 1 saturated heterocycles. The number of piperazine rings is 1. The number of hydrogen-bond acceptors (Lipinski definition) is 3. The largest absolute Gasteiger partial charge is 0.309 e. The monoisotopic (exact) mass is 296 g/mol. The molecule has 20 heavy (non-hydrogen) atoms. The highest BCUT2D eigenvalue weighted by Crippen LogP contribution is 2.38. The summed E-state index contributed by atoms with van der Waals surface area (Å²) in [5.74, 6) is 0.870. The van der Waals surface area contributed by atoms with Gasteiger partial charge in [-0.2, -0.15) is 5.10 Å². The van der Waals surface area contributed by atoms with Gasteiger partial charge in [0.1, 0.15) is 5.15 Å². The molecule has 1 atom stereocenters. The third kappa shape index (κ3) is 2.74. The molecule has 0 amide bonds. The van der Waals surface area contributed by atoms with Gasteiger partial charge in [-0.1, -0.05) is 11.6 Å². The molecule has 1 saturated carbocycles. The van der Waals surface area contributed by atoms with Gasteiger partial charge in [0.25, 0.3) is 0 Å². The fourth-order valence-corrected chi connectivity index (χ4v) is 3.60. The predicted octanol–water partition coefficient (Wildman–Crippen LogP) is 2.34. The molecule has 1 aromatic heterocycles. The first-order valence-electron chi connectivity index (χ1n) is 7.54.